The minimum Gasteiger partial charge on any atom is -0.479 e. The summed E-state index contributed by atoms with van der Waals surface area (Å²) in [7, 11) is 0. The van der Waals surface area contributed by atoms with Gasteiger partial charge >= 0.3 is 5.97 Å². The highest BCUT2D eigenvalue weighted by Gasteiger charge is 2.33. The van der Waals surface area contributed by atoms with Crippen molar-refractivity contribution in [2.24, 2.45) is 5.73 Å². The van der Waals surface area contributed by atoms with Crippen LogP contribution in [0.15, 0.2) is 18.2 Å². The summed E-state index contributed by atoms with van der Waals surface area (Å²) in [6, 6.07) is 5.33. The van der Waals surface area contributed by atoms with Crippen molar-refractivity contribution in [1.82, 2.24) is 0 Å². The third-order valence-electron chi connectivity index (χ3n) is 3.06. The number of nitrogens with zero attached hydrogens (tertiary/aromatic N) is 1. The van der Waals surface area contributed by atoms with Crippen LogP contribution in [-0.4, -0.2) is 31.1 Å². The van der Waals surface area contributed by atoms with E-state index in [1.54, 1.807) is 26.0 Å². The van der Waals surface area contributed by atoms with E-state index < -0.39 is 12.1 Å². The molecule has 1 amide bonds. The molecular weight excluding hydrogens is 260 g/mol. The van der Waals surface area contributed by atoms with Gasteiger partial charge in [-0.3, -0.25) is 14.5 Å². The largest absolute Gasteiger partial charge is 0.479 e. The number of anilines is 1. The number of carbonyl (C=O) groups excluding carboxylic acids is 2. The lowest BCUT2D eigenvalue weighted by molar-refractivity contribution is -0.143. The number of benzene rings is 1. The molecule has 2 N–H and O–H groups in total. The second-order valence-electron chi connectivity index (χ2n) is 4.50. The highest BCUT2D eigenvalue weighted by Crippen LogP contribution is 2.34. The molecule has 1 aliphatic heterocycles. The maximum Gasteiger partial charge on any atom is 0.326 e. The summed E-state index contributed by atoms with van der Waals surface area (Å²) in [5, 5.41) is 0. The monoisotopic (exact) mass is 278 g/mol. The maximum absolute atomic E-state index is 12.2. The minimum atomic E-state index is -0.634. The fourth-order valence-electron chi connectivity index (χ4n) is 2.08. The van der Waals surface area contributed by atoms with Gasteiger partial charge in [-0.15, -0.1) is 0 Å². The Morgan fingerprint density at radius 2 is 2.25 bits per heavy atom. The molecule has 1 unspecified atom stereocenters. The number of hydrogen-bond acceptors (Lipinski definition) is 5. The van der Waals surface area contributed by atoms with Crippen molar-refractivity contribution in [2.75, 3.05) is 18.1 Å². The number of fused-ring (bicyclic) bond motifs is 1. The first-order valence-corrected chi connectivity index (χ1v) is 6.53. The molecule has 1 aromatic rings. The zero-order valence-electron chi connectivity index (χ0n) is 11.6. The first-order valence-electron chi connectivity index (χ1n) is 6.53. The summed E-state index contributed by atoms with van der Waals surface area (Å²) < 4.78 is 10.5. The summed E-state index contributed by atoms with van der Waals surface area (Å²) in [5.74, 6) is -0.140. The lowest BCUT2D eigenvalue weighted by Gasteiger charge is -2.32. The third-order valence-corrected chi connectivity index (χ3v) is 3.06. The van der Waals surface area contributed by atoms with Crippen LogP contribution in [0.25, 0.3) is 0 Å². The van der Waals surface area contributed by atoms with Crippen LogP contribution in [-0.2, 0) is 20.9 Å². The van der Waals surface area contributed by atoms with E-state index in [1.807, 2.05) is 6.07 Å². The molecule has 1 aliphatic rings. The van der Waals surface area contributed by atoms with E-state index >= 15 is 0 Å². The number of rotatable bonds is 4. The van der Waals surface area contributed by atoms with Crippen molar-refractivity contribution in [2.45, 2.75) is 26.5 Å². The van der Waals surface area contributed by atoms with E-state index in [2.05, 4.69) is 0 Å². The fraction of sp³-hybridized carbons (Fsp3) is 0.429. The third kappa shape index (κ3) is 2.75. The van der Waals surface area contributed by atoms with E-state index in [4.69, 9.17) is 15.2 Å². The van der Waals surface area contributed by atoms with Crippen LogP contribution in [0.4, 0.5) is 5.69 Å². The Kier molecular flexibility index (Phi) is 4.24. The lowest BCUT2D eigenvalue weighted by Crippen LogP contribution is -2.47. The fourth-order valence-corrected chi connectivity index (χ4v) is 2.08. The van der Waals surface area contributed by atoms with Gasteiger partial charge in [0.1, 0.15) is 12.3 Å². The zero-order valence-corrected chi connectivity index (χ0v) is 11.6. The van der Waals surface area contributed by atoms with Crippen LogP contribution < -0.4 is 15.4 Å². The summed E-state index contributed by atoms with van der Waals surface area (Å²) in [4.78, 5) is 25.2. The van der Waals surface area contributed by atoms with Gasteiger partial charge in [0, 0.05) is 6.54 Å². The van der Waals surface area contributed by atoms with E-state index in [1.165, 1.54) is 4.90 Å². The molecule has 2 rings (SSSR count). The highest BCUT2D eigenvalue weighted by atomic mass is 16.5. The Morgan fingerprint density at radius 3 is 2.90 bits per heavy atom. The van der Waals surface area contributed by atoms with Crippen LogP contribution in [0, 0.1) is 0 Å². The van der Waals surface area contributed by atoms with Crippen molar-refractivity contribution in [3.63, 3.8) is 0 Å². The molecule has 0 bridgehead atoms. The predicted octanol–water partition coefficient (Wildman–Crippen LogP) is 0.822. The van der Waals surface area contributed by atoms with Gasteiger partial charge in [0.05, 0.1) is 12.3 Å². The molecular formula is C14H18N2O4. The normalized spacial score (nSPS) is 17.4. The quantitative estimate of drug-likeness (QED) is 0.825. The number of carbonyl (C=O) groups is 2. The van der Waals surface area contributed by atoms with Crippen LogP contribution >= 0.6 is 0 Å². The standard InChI is InChI=1S/C14H18N2O4/c1-3-19-13(17)8-16-11-5-4-10(7-15)6-12(11)20-9(2)14(16)18/h4-6,9H,3,7-8,15H2,1-2H3. The molecule has 1 atom stereocenters. The average molecular weight is 278 g/mol. The van der Waals surface area contributed by atoms with Crippen LogP contribution in [0.1, 0.15) is 19.4 Å². The van der Waals surface area contributed by atoms with E-state index in [0.717, 1.165) is 5.56 Å². The van der Waals surface area contributed by atoms with Crippen molar-refractivity contribution in [3.8, 4) is 5.75 Å². The van der Waals surface area contributed by atoms with Gasteiger partial charge in [0.25, 0.3) is 5.91 Å². The Bertz CT molecular complexity index is 530. The molecule has 6 nitrogen and oxygen atoms in total. The molecule has 1 heterocycles. The van der Waals surface area contributed by atoms with Gasteiger partial charge < -0.3 is 15.2 Å². The molecule has 20 heavy (non-hydrogen) atoms. The van der Waals surface area contributed by atoms with Crippen LogP contribution in [0.5, 0.6) is 5.75 Å². The lowest BCUT2D eigenvalue weighted by atomic mass is 10.1. The zero-order chi connectivity index (χ0) is 14.7. The van der Waals surface area contributed by atoms with Gasteiger partial charge in [-0.25, -0.2) is 0 Å². The number of ether oxygens (including phenoxy) is 2. The van der Waals surface area contributed by atoms with E-state index in [0.29, 0.717) is 18.0 Å². The SMILES string of the molecule is CCOC(=O)CN1C(=O)C(C)Oc2cc(CN)ccc21. The molecule has 0 fully saturated rings. The Labute approximate surface area is 117 Å². The van der Waals surface area contributed by atoms with Gasteiger partial charge in [-0.2, -0.15) is 0 Å². The Hall–Kier alpha value is -2.08. The number of amides is 1. The summed E-state index contributed by atoms with van der Waals surface area (Å²) in [6.45, 7) is 3.93. The molecule has 0 radical (unpaired) electrons. The molecule has 0 spiro atoms. The van der Waals surface area contributed by atoms with Gasteiger partial charge in [-0.1, -0.05) is 6.07 Å². The number of hydrogen-bond donors (Lipinski definition) is 1. The molecule has 6 heteroatoms. The summed E-state index contributed by atoms with van der Waals surface area (Å²) in [6.07, 6.45) is -0.634. The highest BCUT2D eigenvalue weighted by molar-refractivity contribution is 6.03. The molecule has 0 aliphatic carbocycles. The van der Waals surface area contributed by atoms with Crippen molar-refractivity contribution < 1.29 is 19.1 Å². The predicted molar refractivity (Wildman–Crippen MR) is 73.4 cm³/mol. The van der Waals surface area contributed by atoms with Crippen molar-refractivity contribution in [3.05, 3.63) is 23.8 Å². The van der Waals surface area contributed by atoms with Crippen molar-refractivity contribution >= 4 is 17.6 Å². The van der Waals surface area contributed by atoms with E-state index in [9.17, 15) is 9.59 Å². The molecule has 0 saturated heterocycles. The molecule has 0 saturated carbocycles. The van der Waals surface area contributed by atoms with Crippen LogP contribution in [0.3, 0.4) is 0 Å². The van der Waals surface area contributed by atoms with Crippen LogP contribution in [0.2, 0.25) is 0 Å². The summed E-state index contributed by atoms with van der Waals surface area (Å²) >= 11 is 0. The second kappa shape index (κ2) is 5.92. The van der Waals surface area contributed by atoms with Crippen molar-refractivity contribution in [1.29, 1.82) is 0 Å². The smallest absolute Gasteiger partial charge is 0.326 e. The topological polar surface area (TPSA) is 81.9 Å². The van der Waals surface area contributed by atoms with Gasteiger partial charge in [-0.05, 0) is 31.5 Å². The molecule has 1 aromatic carbocycles. The first kappa shape index (κ1) is 14.3. The van der Waals surface area contributed by atoms with Gasteiger partial charge in [0.2, 0.25) is 0 Å². The van der Waals surface area contributed by atoms with E-state index in [-0.39, 0.29) is 19.1 Å². The summed E-state index contributed by atoms with van der Waals surface area (Å²) in [5.41, 5.74) is 7.06. The molecule has 108 valence electrons. The van der Waals surface area contributed by atoms with Gasteiger partial charge in [0.15, 0.2) is 6.10 Å². The number of nitrogens with two attached hydrogens (primary N) is 1. The Balaban J connectivity index is 2.32. The maximum atomic E-state index is 12.2. The second-order valence-corrected chi connectivity index (χ2v) is 4.50. The Morgan fingerprint density at radius 1 is 1.50 bits per heavy atom. The number of esters is 1. The molecule has 0 aromatic heterocycles. The average Bonchev–Trinajstić information content (AvgIpc) is 2.43. The minimum absolute atomic E-state index is 0.116. The first-order chi connectivity index (χ1) is 9.56.